The number of hydrogen-bond acceptors (Lipinski definition) is 6. The van der Waals surface area contributed by atoms with Gasteiger partial charge in [0.1, 0.15) is 11.4 Å². The van der Waals surface area contributed by atoms with Crippen LogP contribution in [0.3, 0.4) is 0 Å². The normalized spacial score (nSPS) is 15.0. The Bertz CT molecular complexity index is 1550. The van der Waals surface area contributed by atoms with Crippen molar-refractivity contribution >= 4 is 58.5 Å². The number of ether oxygens (including phenoxy) is 1. The van der Waals surface area contributed by atoms with Crippen LogP contribution in [0.15, 0.2) is 60.2 Å². The van der Waals surface area contributed by atoms with Crippen LogP contribution in [0.1, 0.15) is 11.1 Å². The number of amides is 4. The fraction of sp³-hybridized carbons (Fsp3) is 0.0417. The monoisotopic (exact) mass is 583 g/mol. The predicted octanol–water partition coefficient (Wildman–Crippen LogP) is 6.52. The highest BCUT2D eigenvalue weighted by molar-refractivity contribution is 6.40. The van der Waals surface area contributed by atoms with Gasteiger partial charge in [-0.15, -0.1) is 0 Å². The highest BCUT2D eigenvalue weighted by atomic mass is 35.5. The summed E-state index contributed by atoms with van der Waals surface area (Å²) in [5, 5.41) is 12.8. The zero-order chi connectivity index (χ0) is 28.6. The number of benzene rings is 3. The number of urea groups is 1. The maximum atomic E-state index is 13.3. The van der Waals surface area contributed by atoms with Crippen LogP contribution in [-0.2, 0) is 15.8 Å². The molecule has 1 fully saturated rings. The molecule has 9 nitrogen and oxygen atoms in total. The van der Waals surface area contributed by atoms with Crippen molar-refractivity contribution in [3.63, 3.8) is 0 Å². The molecule has 39 heavy (non-hydrogen) atoms. The number of carbonyl (C=O) groups is 3. The largest absolute Gasteiger partial charge is 0.447 e. The van der Waals surface area contributed by atoms with Gasteiger partial charge in [0.15, 0.2) is 5.75 Å². The average molecular weight is 584 g/mol. The van der Waals surface area contributed by atoms with Gasteiger partial charge < -0.3 is 4.74 Å². The van der Waals surface area contributed by atoms with Gasteiger partial charge in [-0.1, -0.05) is 23.2 Å². The Kier molecular flexibility index (Phi) is 7.31. The van der Waals surface area contributed by atoms with Crippen LogP contribution in [0.2, 0.25) is 10.0 Å². The number of carbonyl (C=O) groups excluding carboxylic acids is 3. The topological polar surface area (TPSA) is 119 Å². The smallest absolute Gasteiger partial charge is 0.416 e. The Morgan fingerprint density at radius 1 is 0.974 bits per heavy atom. The van der Waals surface area contributed by atoms with E-state index in [1.165, 1.54) is 0 Å². The van der Waals surface area contributed by atoms with Crippen molar-refractivity contribution < 1.29 is 41.6 Å². The van der Waals surface area contributed by atoms with Crippen molar-refractivity contribution in [1.29, 1.82) is 0 Å². The number of imide groups is 2. The fourth-order valence-electron chi connectivity index (χ4n) is 3.44. The highest BCUT2D eigenvalue weighted by Crippen LogP contribution is 2.42. The molecule has 1 aliphatic heterocycles. The van der Waals surface area contributed by atoms with Gasteiger partial charge in [-0.05, 0) is 60.2 Å². The number of barbiturate groups is 1. The third-order valence-corrected chi connectivity index (χ3v) is 5.77. The van der Waals surface area contributed by atoms with Crippen LogP contribution in [0.25, 0.3) is 6.08 Å². The molecule has 0 spiro atoms. The van der Waals surface area contributed by atoms with E-state index in [0.29, 0.717) is 11.0 Å². The lowest BCUT2D eigenvalue weighted by molar-refractivity contribution is -0.385. The minimum Gasteiger partial charge on any atom is -0.447 e. The number of nitro groups is 1. The van der Waals surface area contributed by atoms with E-state index in [1.807, 2.05) is 5.32 Å². The first-order valence-electron chi connectivity index (χ1n) is 10.5. The molecule has 200 valence electrons. The number of rotatable bonds is 5. The lowest BCUT2D eigenvalue weighted by Crippen LogP contribution is -2.54. The molecular formula is C24H11Cl2F4N3O6. The van der Waals surface area contributed by atoms with Gasteiger partial charge in [0.25, 0.3) is 11.8 Å². The number of nitro benzene ring substituents is 1. The molecule has 1 saturated heterocycles. The van der Waals surface area contributed by atoms with E-state index in [4.69, 9.17) is 27.9 Å². The standard InChI is InChI=1S/C24H11Cl2F4N3O6/c25-16-8-11(7-15-21(34)31-23(36)32(22(15)35)14-4-2-13(27)3-5-14)9-17(26)20(16)39-19-6-1-12(24(28,29)30)10-18(19)33(37)38/h1-10H,(H,31,34,36)/b15-7+. The molecule has 0 unspecified atom stereocenters. The summed E-state index contributed by atoms with van der Waals surface area (Å²) in [5.41, 5.74) is -2.75. The van der Waals surface area contributed by atoms with E-state index in [0.717, 1.165) is 48.5 Å². The van der Waals surface area contributed by atoms with E-state index >= 15 is 0 Å². The van der Waals surface area contributed by atoms with E-state index in [9.17, 15) is 42.1 Å². The number of anilines is 1. The minimum atomic E-state index is -4.84. The van der Waals surface area contributed by atoms with Crippen molar-refractivity contribution in [2.24, 2.45) is 0 Å². The Balaban J connectivity index is 1.68. The molecule has 0 bridgehead atoms. The first kappa shape index (κ1) is 27.5. The molecule has 4 amide bonds. The summed E-state index contributed by atoms with van der Waals surface area (Å²) < 4.78 is 57.5. The molecule has 3 aromatic carbocycles. The van der Waals surface area contributed by atoms with Crippen molar-refractivity contribution in [3.05, 3.63) is 97.3 Å². The minimum absolute atomic E-state index is 0.0183. The third-order valence-electron chi connectivity index (χ3n) is 5.21. The van der Waals surface area contributed by atoms with Gasteiger partial charge in [-0.3, -0.25) is 25.0 Å². The Hall–Kier alpha value is -4.49. The molecular weight excluding hydrogens is 573 g/mol. The van der Waals surface area contributed by atoms with E-state index in [1.54, 1.807) is 0 Å². The molecule has 3 aromatic rings. The second kappa shape index (κ2) is 10.3. The lowest BCUT2D eigenvalue weighted by atomic mass is 10.1. The number of nitrogens with zero attached hydrogens (tertiary/aromatic N) is 2. The second-order valence-corrected chi connectivity index (χ2v) is 8.60. The van der Waals surface area contributed by atoms with Gasteiger partial charge in [-0.25, -0.2) is 14.1 Å². The molecule has 1 heterocycles. The van der Waals surface area contributed by atoms with Gasteiger partial charge in [0, 0.05) is 6.07 Å². The van der Waals surface area contributed by atoms with Crippen molar-refractivity contribution in [2.45, 2.75) is 6.18 Å². The molecule has 0 aliphatic carbocycles. The molecule has 15 heteroatoms. The summed E-state index contributed by atoms with van der Waals surface area (Å²) in [6.07, 6.45) is -3.80. The molecule has 4 rings (SSSR count). The van der Waals surface area contributed by atoms with Gasteiger partial charge in [0.05, 0.1) is 26.2 Å². The summed E-state index contributed by atoms with van der Waals surface area (Å²) >= 11 is 12.4. The number of halogens is 6. The Morgan fingerprint density at radius 3 is 2.15 bits per heavy atom. The predicted molar refractivity (Wildman–Crippen MR) is 130 cm³/mol. The fourth-order valence-corrected chi connectivity index (χ4v) is 4.02. The maximum absolute atomic E-state index is 13.3. The van der Waals surface area contributed by atoms with E-state index in [2.05, 4.69) is 0 Å². The van der Waals surface area contributed by atoms with Crippen LogP contribution in [0.5, 0.6) is 11.5 Å². The summed E-state index contributed by atoms with van der Waals surface area (Å²) in [6.45, 7) is 0. The van der Waals surface area contributed by atoms with Crippen LogP contribution in [0, 0.1) is 15.9 Å². The summed E-state index contributed by atoms with van der Waals surface area (Å²) in [7, 11) is 0. The highest BCUT2D eigenvalue weighted by Gasteiger charge is 2.37. The first-order chi connectivity index (χ1) is 18.3. The van der Waals surface area contributed by atoms with Gasteiger partial charge in [0.2, 0.25) is 5.75 Å². The lowest BCUT2D eigenvalue weighted by Gasteiger charge is -2.26. The maximum Gasteiger partial charge on any atom is 0.416 e. The number of hydrogen-bond donors (Lipinski definition) is 1. The summed E-state index contributed by atoms with van der Waals surface area (Å²) in [6, 6.07) is 7.17. The zero-order valence-electron chi connectivity index (χ0n) is 18.9. The van der Waals surface area contributed by atoms with Crippen molar-refractivity contribution in [3.8, 4) is 11.5 Å². The van der Waals surface area contributed by atoms with Crippen LogP contribution < -0.4 is 15.0 Å². The Morgan fingerprint density at radius 2 is 1.59 bits per heavy atom. The molecule has 0 saturated carbocycles. The third kappa shape index (κ3) is 5.68. The summed E-state index contributed by atoms with van der Waals surface area (Å²) in [5.74, 6) is -3.65. The number of nitrogens with one attached hydrogen (secondary N) is 1. The van der Waals surface area contributed by atoms with Crippen molar-refractivity contribution in [2.75, 3.05) is 4.90 Å². The molecule has 0 aromatic heterocycles. The Labute approximate surface area is 225 Å². The molecule has 0 radical (unpaired) electrons. The summed E-state index contributed by atoms with van der Waals surface area (Å²) in [4.78, 5) is 48.5. The van der Waals surface area contributed by atoms with Gasteiger partial charge in [-0.2, -0.15) is 13.2 Å². The van der Waals surface area contributed by atoms with Crippen LogP contribution in [-0.4, -0.2) is 22.8 Å². The number of alkyl halides is 3. The average Bonchev–Trinajstić information content (AvgIpc) is 2.84. The first-order valence-corrected chi connectivity index (χ1v) is 11.2. The van der Waals surface area contributed by atoms with E-state index in [-0.39, 0.29) is 33.1 Å². The quantitative estimate of drug-likeness (QED) is 0.120. The van der Waals surface area contributed by atoms with Gasteiger partial charge >= 0.3 is 17.9 Å². The zero-order valence-corrected chi connectivity index (χ0v) is 20.4. The van der Waals surface area contributed by atoms with Crippen LogP contribution >= 0.6 is 23.2 Å². The second-order valence-electron chi connectivity index (χ2n) is 7.79. The molecule has 1 N–H and O–H groups in total. The van der Waals surface area contributed by atoms with Crippen molar-refractivity contribution in [1.82, 2.24) is 5.32 Å². The SMILES string of the molecule is O=C1NC(=O)N(c2ccc(F)cc2)C(=O)/C1=C/c1cc(Cl)c(Oc2ccc(C(F)(F)F)cc2[N+](=O)[O-])c(Cl)c1. The molecule has 1 aliphatic rings. The van der Waals surface area contributed by atoms with Crippen LogP contribution in [0.4, 0.5) is 33.7 Å². The molecule has 0 atom stereocenters. The van der Waals surface area contributed by atoms with E-state index < -0.39 is 57.3 Å².